The molecule has 0 fully saturated rings. The van der Waals surface area contributed by atoms with Gasteiger partial charge < -0.3 is 5.11 Å². The number of hydrogen-bond donors (Lipinski definition) is 1. The summed E-state index contributed by atoms with van der Waals surface area (Å²) in [7, 11) is 1.63. The monoisotopic (exact) mass is 234 g/mol. The summed E-state index contributed by atoms with van der Waals surface area (Å²) in [6, 6.07) is 7.44. The molecule has 4 nitrogen and oxygen atoms in total. The predicted molar refractivity (Wildman–Crippen MR) is 59.1 cm³/mol. The van der Waals surface area contributed by atoms with Crippen LogP contribution in [-0.4, -0.2) is 20.9 Å². The molecule has 0 aliphatic carbocycles. The summed E-state index contributed by atoms with van der Waals surface area (Å²) < 4.78 is 15.1. The van der Waals surface area contributed by atoms with Crippen molar-refractivity contribution in [3.05, 3.63) is 53.6 Å². The van der Waals surface area contributed by atoms with Crippen molar-refractivity contribution in [3.63, 3.8) is 0 Å². The molecule has 17 heavy (non-hydrogen) atoms. The standard InChI is InChI=1S/C12H11FN2O2/c1-15-10(6-7-14-15)11(12(16)17)8-4-2-3-5-9(8)13/h2-7,11H,1H3,(H,16,17). The van der Waals surface area contributed by atoms with E-state index < -0.39 is 17.7 Å². The molecule has 0 aliphatic rings. The first-order valence-electron chi connectivity index (χ1n) is 5.06. The molecule has 1 N–H and O–H groups in total. The number of nitrogens with zero attached hydrogens (tertiary/aromatic N) is 2. The first-order valence-corrected chi connectivity index (χ1v) is 5.06. The Morgan fingerprint density at radius 3 is 2.65 bits per heavy atom. The van der Waals surface area contributed by atoms with E-state index in [2.05, 4.69) is 5.10 Å². The van der Waals surface area contributed by atoms with Gasteiger partial charge in [0.15, 0.2) is 0 Å². The van der Waals surface area contributed by atoms with Crippen molar-refractivity contribution in [1.29, 1.82) is 0 Å². The molecule has 1 atom stereocenters. The minimum Gasteiger partial charge on any atom is -0.480 e. The number of carboxylic acid groups (broad SMARTS) is 1. The van der Waals surface area contributed by atoms with Gasteiger partial charge in [0, 0.05) is 18.8 Å². The fourth-order valence-corrected chi connectivity index (χ4v) is 1.80. The van der Waals surface area contributed by atoms with Gasteiger partial charge >= 0.3 is 5.97 Å². The molecular formula is C12H11FN2O2. The van der Waals surface area contributed by atoms with E-state index >= 15 is 0 Å². The summed E-state index contributed by atoms with van der Waals surface area (Å²) in [5, 5.41) is 13.1. The van der Waals surface area contributed by atoms with E-state index in [1.807, 2.05) is 0 Å². The molecule has 0 bridgehead atoms. The van der Waals surface area contributed by atoms with Gasteiger partial charge in [0.1, 0.15) is 11.7 Å². The quantitative estimate of drug-likeness (QED) is 0.880. The Labute approximate surface area is 97.3 Å². The van der Waals surface area contributed by atoms with Crippen LogP contribution in [0.1, 0.15) is 17.2 Å². The molecule has 0 spiro atoms. The maximum absolute atomic E-state index is 13.6. The third-order valence-corrected chi connectivity index (χ3v) is 2.62. The van der Waals surface area contributed by atoms with E-state index in [-0.39, 0.29) is 5.56 Å². The molecule has 2 rings (SSSR count). The zero-order chi connectivity index (χ0) is 12.4. The topological polar surface area (TPSA) is 55.1 Å². The molecule has 1 heterocycles. The molecule has 1 unspecified atom stereocenters. The normalized spacial score (nSPS) is 12.4. The average Bonchev–Trinajstić information content (AvgIpc) is 2.68. The lowest BCUT2D eigenvalue weighted by atomic mass is 9.95. The van der Waals surface area contributed by atoms with Gasteiger partial charge in [-0.3, -0.25) is 9.48 Å². The summed E-state index contributed by atoms with van der Waals surface area (Å²) in [6.07, 6.45) is 1.49. The number of aryl methyl sites for hydroxylation is 1. The number of rotatable bonds is 3. The van der Waals surface area contributed by atoms with Crippen LogP contribution in [0.25, 0.3) is 0 Å². The highest BCUT2D eigenvalue weighted by atomic mass is 19.1. The number of carboxylic acids is 1. The molecule has 1 aromatic heterocycles. The number of aromatic nitrogens is 2. The average molecular weight is 234 g/mol. The van der Waals surface area contributed by atoms with Gasteiger partial charge in [-0.25, -0.2) is 4.39 Å². The Balaban J connectivity index is 2.55. The molecule has 0 amide bonds. The van der Waals surface area contributed by atoms with Crippen molar-refractivity contribution >= 4 is 5.97 Å². The lowest BCUT2D eigenvalue weighted by Gasteiger charge is -2.13. The van der Waals surface area contributed by atoms with Crippen molar-refractivity contribution in [2.24, 2.45) is 7.05 Å². The van der Waals surface area contributed by atoms with Crippen LogP contribution in [0.5, 0.6) is 0 Å². The first-order chi connectivity index (χ1) is 8.11. The maximum Gasteiger partial charge on any atom is 0.317 e. The molecule has 0 saturated heterocycles. The fraction of sp³-hybridized carbons (Fsp3) is 0.167. The largest absolute Gasteiger partial charge is 0.480 e. The van der Waals surface area contributed by atoms with Gasteiger partial charge in [-0.05, 0) is 12.1 Å². The van der Waals surface area contributed by atoms with Crippen molar-refractivity contribution in [2.45, 2.75) is 5.92 Å². The van der Waals surface area contributed by atoms with Gasteiger partial charge in [0.25, 0.3) is 0 Å². The first kappa shape index (κ1) is 11.3. The number of benzene rings is 1. The van der Waals surface area contributed by atoms with Gasteiger partial charge in [0.05, 0.1) is 5.69 Å². The number of carbonyl (C=O) groups is 1. The molecular weight excluding hydrogens is 223 g/mol. The third-order valence-electron chi connectivity index (χ3n) is 2.62. The molecule has 0 aliphatic heterocycles. The van der Waals surface area contributed by atoms with E-state index in [9.17, 15) is 14.3 Å². The SMILES string of the molecule is Cn1nccc1C(C(=O)O)c1ccccc1F. The predicted octanol–water partition coefficient (Wildman–Crippen LogP) is 1.78. The van der Waals surface area contributed by atoms with Crippen molar-refractivity contribution in [2.75, 3.05) is 0 Å². The maximum atomic E-state index is 13.6. The van der Waals surface area contributed by atoms with Gasteiger partial charge in [-0.15, -0.1) is 0 Å². The lowest BCUT2D eigenvalue weighted by molar-refractivity contribution is -0.137. The highest BCUT2D eigenvalue weighted by Crippen LogP contribution is 2.26. The Kier molecular flexibility index (Phi) is 2.91. The Bertz CT molecular complexity index is 551. The second kappa shape index (κ2) is 4.37. The van der Waals surface area contributed by atoms with E-state index in [4.69, 9.17) is 0 Å². The van der Waals surface area contributed by atoms with Gasteiger partial charge in [0.2, 0.25) is 0 Å². The number of halogens is 1. The molecule has 0 radical (unpaired) electrons. The van der Waals surface area contributed by atoms with Crippen molar-refractivity contribution in [1.82, 2.24) is 9.78 Å². The lowest BCUT2D eigenvalue weighted by Crippen LogP contribution is -2.17. The highest BCUT2D eigenvalue weighted by Gasteiger charge is 2.27. The van der Waals surface area contributed by atoms with Crippen molar-refractivity contribution < 1.29 is 14.3 Å². The van der Waals surface area contributed by atoms with E-state index in [1.54, 1.807) is 19.2 Å². The smallest absolute Gasteiger partial charge is 0.317 e. The van der Waals surface area contributed by atoms with Crippen LogP contribution >= 0.6 is 0 Å². The molecule has 2 aromatic rings. The molecule has 1 aromatic carbocycles. The summed E-state index contributed by atoms with van der Waals surface area (Å²) in [5.41, 5.74) is 0.589. The number of hydrogen-bond acceptors (Lipinski definition) is 2. The van der Waals surface area contributed by atoms with E-state index in [0.29, 0.717) is 5.69 Å². The minimum atomic E-state index is -1.10. The van der Waals surface area contributed by atoms with Crippen LogP contribution in [0.2, 0.25) is 0 Å². The summed E-state index contributed by atoms with van der Waals surface area (Å²) in [6.45, 7) is 0. The zero-order valence-electron chi connectivity index (χ0n) is 9.17. The second-order valence-electron chi connectivity index (χ2n) is 3.67. The summed E-state index contributed by atoms with van der Waals surface area (Å²) in [4.78, 5) is 11.3. The molecule has 88 valence electrons. The van der Waals surface area contributed by atoms with E-state index in [1.165, 1.54) is 29.1 Å². The van der Waals surface area contributed by atoms with Gasteiger partial charge in [-0.2, -0.15) is 5.10 Å². The third kappa shape index (κ3) is 2.04. The Hall–Kier alpha value is -2.17. The van der Waals surface area contributed by atoms with Crippen molar-refractivity contribution in [3.8, 4) is 0 Å². The van der Waals surface area contributed by atoms with Gasteiger partial charge in [-0.1, -0.05) is 18.2 Å². The van der Waals surface area contributed by atoms with E-state index in [0.717, 1.165) is 0 Å². The van der Waals surface area contributed by atoms with Crippen LogP contribution in [0.4, 0.5) is 4.39 Å². The summed E-state index contributed by atoms with van der Waals surface area (Å²) >= 11 is 0. The molecule has 0 saturated carbocycles. The van der Waals surface area contributed by atoms with Crippen LogP contribution in [0.15, 0.2) is 36.5 Å². The summed E-state index contributed by atoms with van der Waals surface area (Å²) in [5.74, 6) is -2.66. The second-order valence-corrected chi connectivity index (χ2v) is 3.67. The van der Waals surface area contributed by atoms with Crippen LogP contribution < -0.4 is 0 Å². The fourth-order valence-electron chi connectivity index (χ4n) is 1.80. The van der Waals surface area contributed by atoms with Crippen LogP contribution in [0.3, 0.4) is 0 Å². The Morgan fingerprint density at radius 2 is 2.12 bits per heavy atom. The minimum absolute atomic E-state index is 0.142. The van der Waals surface area contributed by atoms with Crippen LogP contribution in [-0.2, 0) is 11.8 Å². The zero-order valence-corrected chi connectivity index (χ0v) is 9.17. The highest BCUT2D eigenvalue weighted by molar-refractivity contribution is 5.79. The van der Waals surface area contributed by atoms with Crippen LogP contribution in [0, 0.1) is 5.82 Å². The molecule has 5 heteroatoms. The Morgan fingerprint density at radius 1 is 1.41 bits per heavy atom. The number of aliphatic carboxylic acids is 1.